The van der Waals surface area contributed by atoms with Crippen molar-refractivity contribution in [2.45, 2.75) is 32.9 Å². The van der Waals surface area contributed by atoms with Crippen LogP contribution in [0.1, 0.15) is 25.8 Å². The zero-order chi connectivity index (χ0) is 13.5. The summed E-state index contributed by atoms with van der Waals surface area (Å²) in [4.78, 5) is 10.9. The molecule has 18 heavy (non-hydrogen) atoms. The Morgan fingerprint density at radius 2 is 2.22 bits per heavy atom. The molecule has 0 aliphatic carbocycles. The van der Waals surface area contributed by atoms with Gasteiger partial charge in [-0.05, 0) is 46.6 Å². The Labute approximate surface area is 115 Å². The van der Waals surface area contributed by atoms with Crippen molar-refractivity contribution in [3.63, 3.8) is 0 Å². The first-order valence-electron chi connectivity index (χ1n) is 5.97. The fraction of sp³-hybridized carbons (Fsp3) is 0.462. The van der Waals surface area contributed by atoms with Crippen LogP contribution in [-0.4, -0.2) is 23.7 Å². The van der Waals surface area contributed by atoms with Gasteiger partial charge in [-0.25, -0.2) is 4.79 Å². The highest BCUT2D eigenvalue weighted by molar-refractivity contribution is 9.10. The topological polar surface area (TPSA) is 58.6 Å². The van der Waals surface area contributed by atoms with Crippen molar-refractivity contribution in [3.05, 3.63) is 28.2 Å². The first kappa shape index (κ1) is 15.0. The fourth-order valence-electron chi connectivity index (χ4n) is 1.48. The summed E-state index contributed by atoms with van der Waals surface area (Å²) < 4.78 is 6.22. The van der Waals surface area contributed by atoms with E-state index in [4.69, 9.17) is 9.84 Å². The molecule has 5 heteroatoms. The summed E-state index contributed by atoms with van der Waals surface area (Å²) in [5.41, 5.74) is 1.12. The summed E-state index contributed by atoms with van der Waals surface area (Å²) in [7, 11) is 0. The Morgan fingerprint density at radius 1 is 1.50 bits per heavy atom. The van der Waals surface area contributed by atoms with Gasteiger partial charge in [0.15, 0.2) is 6.10 Å². The molecule has 1 rings (SSSR count). The number of hydrogen-bond donors (Lipinski definition) is 2. The molecule has 1 unspecified atom stereocenters. The maximum Gasteiger partial charge on any atom is 0.344 e. The van der Waals surface area contributed by atoms with E-state index in [9.17, 15) is 4.79 Å². The molecule has 0 spiro atoms. The number of ether oxygens (including phenoxy) is 1. The Hall–Kier alpha value is -1.07. The van der Waals surface area contributed by atoms with E-state index >= 15 is 0 Å². The Balaban J connectivity index is 2.75. The minimum atomic E-state index is -0.943. The minimum Gasteiger partial charge on any atom is -0.479 e. The van der Waals surface area contributed by atoms with Crippen LogP contribution in [-0.2, 0) is 11.3 Å². The number of benzene rings is 1. The predicted octanol–water partition coefficient (Wildman–Crippen LogP) is 2.80. The third kappa shape index (κ3) is 4.31. The van der Waals surface area contributed by atoms with Crippen LogP contribution in [0.2, 0.25) is 0 Å². The smallest absolute Gasteiger partial charge is 0.344 e. The number of hydrogen-bond acceptors (Lipinski definition) is 3. The monoisotopic (exact) mass is 315 g/mol. The number of halogens is 1. The van der Waals surface area contributed by atoms with E-state index in [1.807, 2.05) is 19.1 Å². The van der Waals surface area contributed by atoms with Gasteiger partial charge in [-0.3, -0.25) is 0 Å². The molecule has 0 saturated carbocycles. The third-order valence-electron chi connectivity index (χ3n) is 2.49. The highest BCUT2D eigenvalue weighted by Crippen LogP contribution is 2.27. The molecule has 0 amide bonds. The molecule has 0 aliphatic rings. The summed E-state index contributed by atoms with van der Waals surface area (Å²) in [6.07, 6.45) is -0.373. The standard InChI is InChI=1S/C13H18BrNO3/c1-3-11(13(16)17)18-12-6-5-9(7-10(12)14)8-15-4-2/h5-7,11,15H,3-4,8H2,1-2H3,(H,16,17). The van der Waals surface area contributed by atoms with E-state index in [1.165, 1.54) is 0 Å². The van der Waals surface area contributed by atoms with Gasteiger partial charge < -0.3 is 15.2 Å². The minimum absolute atomic E-state index is 0.431. The summed E-state index contributed by atoms with van der Waals surface area (Å²) in [5.74, 6) is -0.384. The van der Waals surface area contributed by atoms with E-state index in [0.29, 0.717) is 12.2 Å². The van der Waals surface area contributed by atoms with Gasteiger partial charge >= 0.3 is 5.97 Å². The normalized spacial score (nSPS) is 12.2. The Morgan fingerprint density at radius 3 is 2.72 bits per heavy atom. The van der Waals surface area contributed by atoms with Crippen LogP contribution in [0.15, 0.2) is 22.7 Å². The highest BCUT2D eigenvalue weighted by Gasteiger charge is 2.17. The first-order valence-corrected chi connectivity index (χ1v) is 6.76. The van der Waals surface area contributed by atoms with Gasteiger partial charge in [-0.1, -0.05) is 19.9 Å². The number of carboxylic acid groups (broad SMARTS) is 1. The molecule has 0 bridgehead atoms. The van der Waals surface area contributed by atoms with Crippen molar-refractivity contribution < 1.29 is 14.6 Å². The van der Waals surface area contributed by atoms with Crippen LogP contribution < -0.4 is 10.1 Å². The second-order valence-electron chi connectivity index (χ2n) is 3.90. The second-order valence-corrected chi connectivity index (χ2v) is 4.75. The average molecular weight is 316 g/mol. The highest BCUT2D eigenvalue weighted by atomic mass is 79.9. The molecule has 4 nitrogen and oxygen atoms in total. The van der Waals surface area contributed by atoms with Gasteiger partial charge in [0.2, 0.25) is 0 Å². The molecule has 0 saturated heterocycles. The van der Waals surface area contributed by atoms with Gasteiger partial charge in [0.25, 0.3) is 0 Å². The lowest BCUT2D eigenvalue weighted by atomic mass is 10.2. The van der Waals surface area contributed by atoms with Crippen LogP contribution in [0.4, 0.5) is 0 Å². The molecule has 0 heterocycles. The van der Waals surface area contributed by atoms with Crippen molar-refractivity contribution in [2.75, 3.05) is 6.54 Å². The van der Waals surface area contributed by atoms with Gasteiger partial charge in [0.05, 0.1) is 4.47 Å². The number of rotatable bonds is 7. The zero-order valence-electron chi connectivity index (χ0n) is 10.6. The number of carboxylic acids is 1. The van der Waals surface area contributed by atoms with E-state index in [0.717, 1.165) is 23.1 Å². The third-order valence-corrected chi connectivity index (χ3v) is 3.11. The molecule has 0 aliphatic heterocycles. The Bertz CT molecular complexity index is 409. The molecule has 100 valence electrons. The molecule has 1 aromatic rings. The number of aliphatic carboxylic acids is 1. The van der Waals surface area contributed by atoms with E-state index < -0.39 is 12.1 Å². The largest absolute Gasteiger partial charge is 0.479 e. The maximum atomic E-state index is 10.9. The summed E-state index contributed by atoms with van der Waals surface area (Å²) in [5, 5.41) is 12.2. The van der Waals surface area contributed by atoms with Crippen molar-refractivity contribution in [3.8, 4) is 5.75 Å². The van der Waals surface area contributed by atoms with Crippen LogP contribution in [0.3, 0.4) is 0 Å². The van der Waals surface area contributed by atoms with Crippen LogP contribution in [0.5, 0.6) is 5.75 Å². The molecule has 1 aromatic carbocycles. The molecule has 1 atom stereocenters. The first-order chi connectivity index (χ1) is 8.58. The number of nitrogens with one attached hydrogen (secondary N) is 1. The lowest BCUT2D eigenvalue weighted by Gasteiger charge is -2.15. The van der Waals surface area contributed by atoms with E-state index in [2.05, 4.69) is 21.2 Å². The SMILES string of the molecule is CCNCc1ccc(OC(CC)C(=O)O)c(Br)c1. The van der Waals surface area contributed by atoms with Crippen LogP contribution in [0.25, 0.3) is 0 Å². The van der Waals surface area contributed by atoms with Gasteiger partial charge in [0, 0.05) is 6.54 Å². The van der Waals surface area contributed by atoms with Crippen molar-refractivity contribution in [1.82, 2.24) is 5.32 Å². The summed E-state index contributed by atoms with van der Waals surface area (Å²) in [6.45, 7) is 5.52. The lowest BCUT2D eigenvalue weighted by molar-refractivity contribution is -0.145. The van der Waals surface area contributed by atoms with E-state index in [1.54, 1.807) is 13.0 Å². The van der Waals surface area contributed by atoms with Gasteiger partial charge in [0.1, 0.15) is 5.75 Å². The molecular formula is C13H18BrNO3. The van der Waals surface area contributed by atoms with Crippen molar-refractivity contribution in [1.29, 1.82) is 0 Å². The summed E-state index contributed by atoms with van der Waals surface area (Å²) in [6, 6.07) is 5.66. The quantitative estimate of drug-likeness (QED) is 0.812. The molecule has 2 N–H and O–H groups in total. The number of carbonyl (C=O) groups is 1. The van der Waals surface area contributed by atoms with Crippen LogP contribution in [0, 0.1) is 0 Å². The summed E-state index contributed by atoms with van der Waals surface area (Å²) >= 11 is 3.40. The lowest BCUT2D eigenvalue weighted by Crippen LogP contribution is -2.26. The molecule has 0 radical (unpaired) electrons. The van der Waals surface area contributed by atoms with E-state index in [-0.39, 0.29) is 0 Å². The van der Waals surface area contributed by atoms with Crippen molar-refractivity contribution in [2.24, 2.45) is 0 Å². The van der Waals surface area contributed by atoms with Gasteiger partial charge in [-0.2, -0.15) is 0 Å². The second kappa shape index (κ2) is 7.38. The Kier molecular flexibility index (Phi) is 6.15. The molecule has 0 fully saturated rings. The molecule has 0 aromatic heterocycles. The van der Waals surface area contributed by atoms with Crippen molar-refractivity contribution >= 4 is 21.9 Å². The fourth-order valence-corrected chi connectivity index (χ4v) is 2.00. The maximum absolute atomic E-state index is 10.9. The van der Waals surface area contributed by atoms with Crippen LogP contribution >= 0.6 is 15.9 Å². The van der Waals surface area contributed by atoms with Gasteiger partial charge in [-0.15, -0.1) is 0 Å². The zero-order valence-corrected chi connectivity index (χ0v) is 12.2. The molecular weight excluding hydrogens is 298 g/mol. The predicted molar refractivity (Wildman–Crippen MR) is 73.9 cm³/mol. The average Bonchev–Trinajstić information content (AvgIpc) is 2.34.